The van der Waals surface area contributed by atoms with Gasteiger partial charge in [0.15, 0.2) is 0 Å². The second-order valence-corrected chi connectivity index (χ2v) is 8.27. The van der Waals surface area contributed by atoms with Crippen molar-refractivity contribution < 1.29 is 14.3 Å². The van der Waals surface area contributed by atoms with Crippen molar-refractivity contribution in [3.05, 3.63) is 65.4 Å². The molecule has 0 saturated heterocycles. The molecule has 6 heteroatoms. The number of carbonyl (C=O) groups is 2. The number of benzene rings is 2. The first kappa shape index (κ1) is 21.8. The molecule has 0 aliphatic heterocycles. The Kier molecular flexibility index (Phi) is 6.69. The highest BCUT2D eigenvalue weighted by Gasteiger charge is 2.18. The third-order valence-electron chi connectivity index (χ3n) is 5.83. The Morgan fingerprint density at radius 1 is 0.969 bits per heavy atom. The van der Waals surface area contributed by atoms with Gasteiger partial charge in [0, 0.05) is 22.7 Å². The first-order valence-electron chi connectivity index (χ1n) is 11.3. The fourth-order valence-electron chi connectivity index (χ4n) is 4.14. The maximum absolute atomic E-state index is 13.1. The number of nitrogens with one attached hydrogen (secondary N) is 2. The number of pyridine rings is 1. The number of fused-ring (bicyclic) bond motifs is 1. The quantitative estimate of drug-likeness (QED) is 0.488. The van der Waals surface area contributed by atoms with Crippen molar-refractivity contribution in [2.75, 3.05) is 17.2 Å². The lowest BCUT2D eigenvalue weighted by Crippen LogP contribution is -2.23. The predicted molar refractivity (Wildman–Crippen MR) is 127 cm³/mol. The van der Waals surface area contributed by atoms with E-state index in [4.69, 9.17) is 4.74 Å². The number of carbonyl (C=O) groups excluding carboxylic acids is 2. The van der Waals surface area contributed by atoms with Crippen LogP contribution in [0.5, 0.6) is 0 Å². The Hall–Kier alpha value is -3.41. The van der Waals surface area contributed by atoms with Crippen LogP contribution in [0.1, 0.15) is 65.4 Å². The summed E-state index contributed by atoms with van der Waals surface area (Å²) in [5.41, 5.74) is 4.13. The second kappa shape index (κ2) is 9.81. The Morgan fingerprint density at radius 3 is 2.53 bits per heavy atom. The van der Waals surface area contributed by atoms with Gasteiger partial charge in [0.25, 0.3) is 5.91 Å². The third kappa shape index (κ3) is 5.07. The largest absolute Gasteiger partial charge is 0.462 e. The van der Waals surface area contributed by atoms with Crippen molar-refractivity contribution >= 4 is 34.2 Å². The number of anilines is 2. The molecular formula is C26H29N3O3. The Bertz CT molecular complexity index is 1140. The fraction of sp³-hybridized carbons (Fsp3) is 0.346. The lowest BCUT2D eigenvalue weighted by Gasteiger charge is -2.25. The predicted octanol–water partition coefficient (Wildman–Crippen LogP) is 5.72. The zero-order chi connectivity index (χ0) is 22.5. The molecule has 1 aliphatic rings. The molecule has 1 aliphatic carbocycles. The first-order valence-corrected chi connectivity index (χ1v) is 11.3. The van der Waals surface area contributed by atoms with Gasteiger partial charge in [-0.05, 0) is 69.2 Å². The average Bonchev–Trinajstić information content (AvgIpc) is 2.80. The summed E-state index contributed by atoms with van der Waals surface area (Å²) in [5, 5.41) is 7.47. The van der Waals surface area contributed by atoms with Crippen molar-refractivity contribution in [2.45, 2.75) is 52.0 Å². The molecule has 1 heterocycles. The zero-order valence-corrected chi connectivity index (χ0v) is 18.6. The monoisotopic (exact) mass is 431 g/mol. The molecule has 0 spiro atoms. The van der Waals surface area contributed by atoms with Crippen LogP contribution in [-0.4, -0.2) is 29.5 Å². The SMILES string of the molecule is CCOC(=O)c1ccc(NC2CCCCC2)c(NC(=O)c2ccc3nc(C)ccc3c2)c1. The van der Waals surface area contributed by atoms with Crippen LogP contribution >= 0.6 is 0 Å². The van der Waals surface area contributed by atoms with Crippen LogP contribution in [-0.2, 0) is 4.74 Å². The molecule has 1 fully saturated rings. The van der Waals surface area contributed by atoms with Crippen molar-refractivity contribution in [3.63, 3.8) is 0 Å². The number of rotatable bonds is 6. The van der Waals surface area contributed by atoms with E-state index in [1.165, 1.54) is 19.3 Å². The maximum atomic E-state index is 13.1. The van der Waals surface area contributed by atoms with Crippen molar-refractivity contribution in [2.24, 2.45) is 0 Å². The summed E-state index contributed by atoms with van der Waals surface area (Å²) in [6.45, 7) is 4.01. The highest BCUT2D eigenvalue weighted by molar-refractivity contribution is 6.08. The van der Waals surface area contributed by atoms with Gasteiger partial charge in [-0.2, -0.15) is 0 Å². The molecule has 3 aromatic rings. The van der Waals surface area contributed by atoms with Crippen molar-refractivity contribution in [1.82, 2.24) is 4.98 Å². The lowest BCUT2D eigenvalue weighted by molar-refractivity contribution is 0.0526. The molecule has 0 unspecified atom stereocenters. The summed E-state index contributed by atoms with van der Waals surface area (Å²) in [6, 6.07) is 15.0. The number of nitrogens with zero attached hydrogens (tertiary/aromatic N) is 1. The standard InChI is InChI=1S/C26H29N3O3/c1-3-32-26(31)20-12-14-23(28-21-7-5-4-6-8-21)24(16-20)29-25(30)19-11-13-22-18(15-19)10-9-17(2)27-22/h9-16,21,28H,3-8H2,1-2H3,(H,29,30). The van der Waals surface area contributed by atoms with Gasteiger partial charge in [-0.15, -0.1) is 0 Å². The van der Waals surface area contributed by atoms with E-state index in [9.17, 15) is 9.59 Å². The Morgan fingerprint density at radius 2 is 1.75 bits per heavy atom. The van der Waals surface area contributed by atoms with Gasteiger partial charge in [-0.1, -0.05) is 25.3 Å². The van der Waals surface area contributed by atoms with Crippen LogP contribution in [0.4, 0.5) is 11.4 Å². The summed E-state index contributed by atoms with van der Waals surface area (Å²) >= 11 is 0. The normalized spacial score (nSPS) is 14.2. The van der Waals surface area contributed by atoms with Gasteiger partial charge >= 0.3 is 5.97 Å². The van der Waals surface area contributed by atoms with Crippen LogP contribution in [0, 0.1) is 6.92 Å². The van der Waals surface area contributed by atoms with E-state index >= 15 is 0 Å². The highest BCUT2D eigenvalue weighted by atomic mass is 16.5. The smallest absolute Gasteiger partial charge is 0.338 e. The highest BCUT2D eigenvalue weighted by Crippen LogP contribution is 2.29. The molecule has 32 heavy (non-hydrogen) atoms. The number of hydrogen-bond donors (Lipinski definition) is 2. The van der Waals surface area contributed by atoms with Crippen LogP contribution < -0.4 is 10.6 Å². The molecule has 2 N–H and O–H groups in total. The van der Waals surface area contributed by atoms with Crippen LogP contribution in [0.25, 0.3) is 10.9 Å². The summed E-state index contributed by atoms with van der Waals surface area (Å²) in [6.07, 6.45) is 5.86. The fourth-order valence-corrected chi connectivity index (χ4v) is 4.14. The molecule has 0 radical (unpaired) electrons. The number of hydrogen-bond acceptors (Lipinski definition) is 5. The van der Waals surface area contributed by atoms with Gasteiger partial charge in [0.05, 0.1) is 29.1 Å². The van der Waals surface area contributed by atoms with E-state index < -0.39 is 5.97 Å². The summed E-state index contributed by atoms with van der Waals surface area (Å²) in [5.74, 6) is -0.639. The number of aryl methyl sites for hydroxylation is 1. The van der Waals surface area contributed by atoms with Crippen molar-refractivity contribution in [1.29, 1.82) is 0 Å². The number of aromatic nitrogens is 1. The molecule has 1 aromatic heterocycles. The number of amides is 1. The summed E-state index contributed by atoms with van der Waals surface area (Å²) < 4.78 is 5.14. The van der Waals surface area contributed by atoms with E-state index in [-0.39, 0.29) is 5.91 Å². The molecule has 6 nitrogen and oxygen atoms in total. The van der Waals surface area contributed by atoms with Gasteiger partial charge in [-0.25, -0.2) is 4.79 Å². The minimum atomic E-state index is -0.403. The Balaban J connectivity index is 1.61. The van der Waals surface area contributed by atoms with Gasteiger partial charge in [-0.3, -0.25) is 9.78 Å². The summed E-state index contributed by atoms with van der Waals surface area (Å²) in [7, 11) is 0. The molecule has 0 atom stereocenters. The van der Waals surface area contributed by atoms with Gasteiger partial charge in [0.1, 0.15) is 0 Å². The van der Waals surface area contributed by atoms with Crippen LogP contribution in [0.3, 0.4) is 0 Å². The number of ether oxygens (including phenoxy) is 1. The third-order valence-corrected chi connectivity index (χ3v) is 5.83. The molecular weight excluding hydrogens is 402 g/mol. The van der Waals surface area contributed by atoms with Crippen LogP contribution in [0.15, 0.2) is 48.5 Å². The van der Waals surface area contributed by atoms with Crippen molar-refractivity contribution in [3.8, 4) is 0 Å². The molecule has 0 bridgehead atoms. The zero-order valence-electron chi connectivity index (χ0n) is 18.6. The molecule has 4 rings (SSSR count). The first-order chi connectivity index (χ1) is 15.5. The van der Waals surface area contributed by atoms with E-state index in [2.05, 4.69) is 15.6 Å². The van der Waals surface area contributed by atoms with Crippen LogP contribution in [0.2, 0.25) is 0 Å². The van der Waals surface area contributed by atoms with E-state index in [1.54, 1.807) is 25.1 Å². The molecule has 1 amide bonds. The average molecular weight is 432 g/mol. The molecule has 2 aromatic carbocycles. The molecule has 166 valence electrons. The molecule has 1 saturated carbocycles. The van der Waals surface area contributed by atoms with E-state index in [0.717, 1.165) is 35.1 Å². The minimum absolute atomic E-state index is 0.236. The second-order valence-electron chi connectivity index (χ2n) is 8.27. The number of esters is 1. The summed E-state index contributed by atoms with van der Waals surface area (Å²) in [4.78, 5) is 29.9. The van der Waals surface area contributed by atoms with E-state index in [0.29, 0.717) is 29.5 Å². The minimum Gasteiger partial charge on any atom is -0.462 e. The van der Waals surface area contributed by atoms with E-state index in [1.807, 2.05) is 37.3 Å². The maximum Gasteiger partial charge on any atom is 0.338 e. The lowest BCUT2D eigenvalue weighted by atomic mass is 9.95. The van der Waals surface area contributed by atoms with Gasteiger partial charge < -0.3 is 15.4 Å². The Labute approximate surface area is 188 Å². The van der Waals surface area contributed by atoms with Gasteiger partial charge in [0.2, 0.25) is 0 Å². The topological polar surface area (TPSA) is 80.3 Å².